The highest BCUT2D eigenvalue weighted by atomic mass is 35.5. The Kier molecular flexibility index (Phi) is 3.28. The molecule has 20 heavy (non-hydrogen) atoms. The maximum absolute atomic E-state index is 13.1. The van der Waals surface area contributed by atoms with Gasteiger partial charge in [0.25, 0.3) is 0 Å². The van der Waals surface area contributed by atoms with Crippen molar-refractivity contribution in [1.29, 1.82) is 0 Å². The molecule has 0 saturated carbocycles. The van der Waals surface area contributed by atoms with Gasteiger partial charge >= 0.3 is 0 Å². The summed E-state index contributed by atoms with van der Waals surface area (Å²) in [6.45, 7) is 0. The molecule has 0 aliphatic rings. The zero-order valence-corrected chi connectivity index (χ0v) is 11.2. The fourth-order valence-corrected chi connectivity index (χ4v) is 2.28. The Morgan fingerprint density at radius 1 is 1.15 bits per heavy atom. The second-order valence-corrected chi connectivity index (χ2v) is 4.96. The Morgan fingerprint density at radius 3 is 2.80 bits per heavy atom. The zero-order chi connectivity index (χ0) is 14.1. The first kappa shape index (κ1) is 12.9. The van der Waals surface area contributed by atoms with Crippen molar-refractivity contribution in [2.45, 2.75) is 6.42 Å². The smallest absolute Gasteiger partial charge is 0.202 e. The molecule has 0 spiro atoms. The van der Waals surface area contributed by atoms with Crippen molar-refractivity contribution in [3.8, 4) is 0 Å². The Balaban J connectivity index is 1.88. The molecule has 2 aromatic carbocycles. The maximum Gasteiger partial charge on any atom is 0.202 e. The lowest BCUT2D eigenvalue weighted by molar-refractivity contribution is 0.0968. The third-order valence-corrected chi connectivity index (χ3v) is 3.24. The summed E-state index contributed by atoms with van der Waals surface area (Å²) in [7, 11) is 0. The van der Waals surface area contributed by atoms with Crippen LogP contribution in [-0.2, 0) is 6.42 Å². The molecule has 3 rings (SSSR count). The van der Waals surface area contributed by atoms with E-state index in [1.54, 1.807) is 24.3 Å². The zero-order valence-electron chi connectivity index (χ0n) is 10.4. The van der Waals surface area contributed by atoms with Crippen LogP contribution >= 0.6 is 11.6 Å². The van der Waals surface area contributed by atoms with E-state index < -0.39 is 0 Å². The lowest BCUT2D eigenvalue weighted by atomic mass is 10.1. The van der Waals surface area contributed by atoms with Crippen LogP contribution in [0, 0.1) is 5.82 Å². The van der Waals surface area contributed by atoms with Gasteiger partial charge < -0.3 is 4.42 Å². The molecule has 0 amide bonds. The van der Waals surface area contributed by atoms with Crippen molar-refractivity contribution in [3.63, 3.8) is 0 Å². The summed E-state index contributed by atoms with van der Waals surface area (Å²) in [5.74, 6) is -0.290. The van der Waals surface area contributed by atoms with Gasteiger partial charge in [0, 0.05) is 16.8 Å². The van der Waals surface area contributed by atoms with Gasteiger partial charge in [-0.05, 0) is 42.0 Å². The maximum atomic E-state index is 13.1. The van der Waals surface area contributed by atoms with Crippen molar-refractivity contribution >= 4 is 28.4 Å². The number of fused-ring (bicyclic) bond motifs is 1. The molecule has 0 N–H and O–H groups in total. The van der Waals surface area contributed by atoms with Gasteiger partial charge in [-0.1, -0.05) is 23.7 Å². The first-order valence-electron chi connectivity index (χ1n) is 6.08. The van der Waals surface area contributed by atoms with E-state index in [1.165, 1.54) is 18.2 Å². The molecule has 0 bridgehead atoms. The van der Waals surface area contributed by atoms with Crippen LogP contribution < -0.4 is 0 Å². The topological polar surface area (TPSA) is 30.2 Å². The van der Waals surface area contributed by atoms with E-state index in [0.717, 1.165) is 5.56 Å². The number of rotatable bonds is 3. The fourth-order valence-electron chi connectivity index (χ4n) is 2.07. The Bertz CT molecular complexity index is 792. The molecule has 0 aliphatic heterocycles. The van der Waals surface area contributed by atoms with E-state index in [0.29, 0.717) is 16.0 Å². The molecule has 0 aliphatic carbocycles. The van der Waals surface area contributed by atoms with Crippen LogP contribution in [0.1, 0.15) is 16.1 Å². The van der Waals surface area contributed by atoms with Crippen molar-refractivity contribution in [3.05, 3.63) is 70.7 Å². The number of carbonyl (C=O) groups is 1. The molecule has 1 heterocycles. The molecule has 2 nitrogen and oxygen atoms in total. The molecule has 0 radical (unpaired) electrons. The summed E-state index contributed by atoms with van der Waals surface area (Å²) in [6.07, 6.45) is 0.197. The predicted octanol–water partition coefficient (Wildman–Crippen LogP) is 4.65. The third-order valence-electron chi connectivity index (χ3n) is 3.01. The third kappa shape index (κ3) is 2.58. The average Bonchev–Trinajstić information content (AvgIpc) is 2.81. The van der Waals surface area contributed by atoms with Crippen LogP contribution in [0.3, 0.4) is 0 Å². The van der Waals surface area contributed by atoms with Crippen molar-refractivity contribution in [1.82, 2.24) is 0 Å². The average molecular weight is 289 g/mol. The first-order valence-corrected chi connectivity index (χ1v) is 6.46. The van der Waals surface area contributed by atoms with Crippen LogP contribution in [0.15, 0.2) is 52.9 Å². The number of ketones is 1. The number of halogens is 2. The summed E-state index contributed by atoms with van der Waals surface area (Å²) < 4.78 is 18.5. The van der Waals surface area contributed by atoms with Gasteiger partial charge in [-0.25, -0.2) is 4.39 Å². The molecule has 1 aromatic heterocycles. The van der Waals surface area contributed by atoms with E-state index in [9.17, 15) is 9.18 Å². The molecule has 0 atom stereocenters. The monoisotopic (exact) mass is 288 g/mol. The highest BCUT2D eigenvalue weighted by molar-refractivity contribution is 6.30. The quantitative estimate of drug-likeness (QED) is 0.657. The summed E-state index contributed by atoms with van der Waals surface area (Å²) in [4.78, 5) is 12.1. The van der Waals surface area contributed by atoms with E-state index in [4.69, 9.17) is 16.0 Å². The van der Waals surface area contributed by atoms with E-state index in [2.05, 4.69) is 0 Å². The highest BCUT2D eigenvalue weighted by Crippen LogP contribution is 2.22. The molecule has 0 unspecified atom stereocenters. The lowest BCUT2D eigenvalue weighted by Gasteiger charge is -1.99. The molecular formula is C16H10ClFO2. The van der Waals surface area contributed by atoms with E-state index >= 15 is 0 Å². The number of furan rings is 1. The van der Waals surface area contributed by atoms with Crippen LogP contribution in [0.4, 0.5) is 4.39 Å². The molecule has 0 saturated heterocycles. The van der Waals surface area contributed by atoms with Crippen LogP contribution in [0.5, 0.6) is 0 Å². The molecular weight excluding hydrogens is 279 g/mol. The summed E-state index contributed by atoms with van der Waals surface area (Å²) in [5.41, 5.74) is 1.31. The highest BCUT2D eigenvalue weighted by Gasteiger charge is 2.13. The number of Topliss-reactive ketones (excluding diaryl/α,β-unsaturated/α-hetero) is 1. The van der Waals surface area contributed by atoms with Gasteiger partial charge in [0.1, 0.15) is 11.4 Å². The Labute approximate surface area is 119 Å². The minimum absolute atomic E-state index is 0.163. The van der Waals surface area contributed by atoms with E-state index in [-0.39, 0.29) is 23.8 Å². The number of hydrogen-bond donors (Lipinski definition) is 0. The largest absolute Gasteiger partial charge is 0.453 e. The number of hydrogen-bond acceptors (Lipinski definition) is 2. The normalized spacial score (nSPS) is 10.9. The first-order chi connectivity index (χ1) is 9.61. The Hall–Kier alpha value is -2.13. The van der Waals surface area contributed by atoms with Gasteiger partial charge in [0.15, 0.2) is 5.76 Å². The molecule has 100 valence electrons. The van der Waals surface area contributed by atoms with Crippen LogP contribution in [-0.4, -0.2) is 5.78 Å². The van der Waals surface area contributed by atoms with Gasteiger partial charge in [0.2, 0.25) is 5.78 Å². The fraction of sp³-hybridized carbons (Fsp3) is 0.0625. The molecule has 0 fully saturated rings. The molecule has 3 aromatic rings. The van der Waals surface area contributed by atoms with E-state index in [1.807, 2.05) is 6.07 Å². The summed E-state index contributed by atoms with van der Waals surface area (Å²) in [6, 6.07) is 12.8. The Morgan fingerprint density at radius 2 is 2.00 bits per heavy atom. The number of benzene rings is 2. The van der Waals surface area contributed by atoms with Crippen molar-refractivity contribution < 1.29 is 13.6 Å². The van der Waals surface area contributed by atoms with Crippen LogP contribution in [0.25, 0.3) is 11.0 Å². The summed E-state index contributed by atoms with van der Waals surface area (Å²) in [5, 5.41) is 1.17. The van der Waals surface area contributed by atoms with Crippen molar-refractivity contribution in [2.75, 3.05) is 0 Å². The SMILES string of the molecule is O=C(Cc1cccc(Cl)c1)c1cc2cc(F)ccc2o1. The van der Waals surface area contributed by atoms with Gasteiger partial charge in [-0.3, -0.25) is 4.79 Å². The summed E-state index contributed by atoms with van der Waals surface area (Å²) >= 11 is 5.88. The van der Waals surface area contributed by atoms with Gasteiger partial charge in [0.05, 0.1) is 0 Å². The van der Waals surface area contributed by atoms with Crippen LogP contribution in [0.2, 0.25) is 5.02 Å². The van der Waals surface area contributed by atoms with Gasteiger partial charge in [-0.15, -0.1) is 0 Å². The minimum Gasteiger partial charge on any atom is -0.453 e. The lowest BCUT2D eigenvalue weighted by Crippen LogP contribution is -2.01. The standard InChI is InChI=1S/C16H10ClFO2/c17-12-3-1-2-10(6-12)7-14(19)16-9-11-8-13(18)4-5-15(11)20-16/h1-6,8-9H,7H2. The number of carbonyl (C=O) groups excluding carboxylic acids is 1. The second kappa shape index (κ2) is 5.10. The van der Waals surface area contributed by atoms with Gasteiger partial charge in [-0.2, -0.15) is 0 Å². The predicted molar refractivity (Wildman–Crippen MR) is 75.7 cm³/mol. The minimum atomic E-state index is -0.354. The molecule has 4 heteroatoms. The van der Waals surface area contributed by atoms with Crippen molar-refractivity contribution in [2.24, 2.45) is 0 Å². The second-order valence-electron chi connectivity index (χ2n) is 4.52.